The van der Waals surface area contributed by atoms with Crippen molar-refractivity contribution >= 4 is 28.3 Å². The monoisotopic (exact) mass is 299 g/mol. The van der Waals surface area contributed by atoms with E-state index in [0.29, 0.717) is 6.54 Å². The van der Waals surface area contributed by atoms with Gasteiger partial charge in [0.1, 0.15) is 11.3 Å². The lowest BCUT2D eigenvalue weighted by Crippen LogP contribution is -2.36. The first-order valence-electron chi connectivity index (χ1n) is 6.78. The largest absolute Gasteiger partial charge is 0.459 e. The maximum Gasteiger partial charge on any atom is 0.191 e. The van der Waals surface area contributed by atoms with E-state index in [4.69, 9.17) is 4.42 Å². The smallest absolute Gasteiger partial charge is 0.191 e. The topological polar surface area (TPSA) is 49.6 Å². The molecule has 0 unspecified atom stereocenters. The predicted molar refractivity (Wildman–Crippen MR) is 87.6 cm³/mol. The van der Waals surface area contributed by atoms with E-state index in [2.05, 4.69) is 38.5 Å². The highest BCUT2D eigenvalue weighted by Crippen LogP contribution is 2.18. The number of thiophene rings is 1. The highest BCUT2D eigenvalue weighted by molar-refractivity contribution is 7.07. The maximum atomic E-state index is 5.77. The van der Waals surface area contributed by atoms with Crippen LogP contribution in [0.1, 0.15) is 11.3 Å². The molecule has 0 saturated heterocycles. The van der Waals surface area contributed by atoms with Gasteiger partial charge in [0.25, 0.3) is 0 Å². The fourth-order valence-corrected chi connectivity index (χ4v) is 2.76. The minimum absolute atomic E-state index is 0.609. The van der Waals surface area contributed by atoms with Crippen LogP contribution in [0.4, 0.5) is 0 Å². The van der Waals surface area contributed by atoms with Gasteiger partial charge in [-0.15, -0.1) is 0 Å². The second kappa shape index (κ2) is 6.45. The van der Waals surface area contributed by atoms with Crippen LogP contribution in [0, 0.1) is 0 Å². The molecule has 108 valence electrons. The van der Waals surface area contributed by atoms with Gasteiger partial charge < -0.3 is 15.1 Å². The average Bonchev–Trinajstić information content (AvgIpc) is 3.16. The summed E-state index contributed by atoms with van der Waals surface area (Å²) in [6.07, 6.45) is 0. The lowest BCUT2D eigenvalue weighted by molar-refractivity contribution is 0.538. The number of fused-ring (bicyclic) bond motifs is 1. The second-order valence-corrected chi connectivity index (χ2v) is 5.44. The van der Waals surface area contributed by atoms with Crippen LogP contribution in [0.25, 0.3) is 11.0 Å². The van der Waals surface area contributed by atoms with E-state index < -0.39 is 0 Å². The Labute approximate surface area is 127 Å². The van der Waals surface area contributed by atoms with E-state index in [1.165, 1.54) is 5.56 Å². The minimum Gasteiger partial charge on any atom is -0.459 e. The summed E-state index contributed by atoms with van der Waals surface area (Å²) in [6, 6.07) is 12.2. The molecule has 2 heterocycles. The van der Waals surface area contributed by atoms with Gasteiger partial charge in [-0.05, 0) is 34.5 Å². The molecule has 0 aliphatic rings. The number of para-hydroxylation sites is 1. The Morgan fingerprint density at radius 3 is 2.81 bits per heavy atom. The first-order chi connectivity index (χ1) is 10.3. The highest BCUT2D eigenvalue weighted by Gasteiger charge is 2.04. The zero-order chi connectivity index (χ0) is 14.5. The van der Waals surface area contributed by atoms with E-state index in [9.17, 15) is 0 Å². The van der Waals surface area contributed by atoms with Crippen LogP contribution in [-0.2, 0) is 13.1 Å². The van der Waals surface area contributed by atoms with Gasteiger partial charge in [0.15, 0.2) is 5.96 Å². The Kier molecular flexibility index (Phi) is 4.21. The molecule has 0 amide bonds. The van der Waals surface area contributed by atoms with Crippen molar-refractivity contribution in [3.8, 4) is 0 Å². The molecule has 0 saturated carbocycles. The van der Waals surface area contributed by atoms with Gasteiger partial charge in [-0.25, -0.2) is 0 Å². The number of nitrogens with one attached hydrogen (secondary N) is 2. The molecular weight excluding hydrogens is 282 g/mol. The van der Waals surface area contributed by atoms with Crippen molar-refractivity contribution in [1.29, 1.82) is 0 Å². The molecule has 0 bridgehead atoms. The summed E-state index contributed by atoms with van der Waals surface area (Å²) in [5.74, 6) is 1.66. The number of furan rings is 1. The normalized spacial score (nSPS) is 11.8. The van der Waals surface area contributed by atoms with E-state index in [0.717, 1.165) is 29.2 Å². The van der Waals surface area contributed by atoms with Crippen LogP contribution >= 0.6 is 11.3 Å². The van der Waals surface area contributed by atoms with Crippen molar-refractivity contribution in [2.24, 2.45) is 4.99 Å². The molecule has 0 fully saturated rings. The van der Waals surface area contributed by atoms with Crippen LogP contribution in [0.2, 0.25) is 0 Å². The SMILES string of the molecule is CN=C(NCc1ccsc1)NCc1cc2ccccc2o1. The quantitative estimate of drug-likeness (QED) is 0.574. The molecule has 3 aromatic rings. The lowest BCUT2D eigenvalue weighted by Gasteiger charge is -2.09. The standard InChI is InChI=1S/C16H17N3OS/c1-17-16(18-9-12-6-7-21-11-12)19-10-14-8-13-4-2-3-5-15(13)20-14/h2-8,11H,9-10H2,1H3,(H2,17,18,19). The fourth-order valence-electron chi connectivity index (χ4n) is 2.09. The third-order valence-corrected chi connectivity index (χ3v) is 3.90. The van der Waals surface area contributed by atoms with Gasteiger partial charge in [-0.2, -0.15) is 11.3 Å². The third kappa shape index (κ3) is 3.44. The van der Waals surface area contributed by atoms with E-state index >= 15 is 0 Å². The van der Waals surface area contributed by atoms with Crippen molar-refractivity contribution in [2.45, 2.75) is 13.1 Å². The van der Waals surface area contributed by atoms with Crippen molar-refractivity contribution in [1.82, 2.24) is 10.6 Å². The molecule has 21 heavy (non-hydrogen) atoms. The number of hydrogen-bond acceptors (Lipinski definition) is 3. The Bertz CT molecular complexity index is 698. The maximum absolute atomic E-state index is 5.77. The summed E-state index contributed by atoms with van der Waals surface area (Å²) in [5.41, 5.74) is 2.17. The van der Waals surface area contributed by atoms with Crippen molar-refractivity contribution in [3.05, 3.63) is 58.5 Å². The van der Waals surface area contributed by atoms with Gasteiger partial charge in [-0.1, -0.05) is 18.2 Å². The molecular formula is C16H17N3OS. The summed E-state index contributed by atoms with van der Waals surface area (Å²) in [4.78, 5) is 4.21. The lowest BCUT2D eigenvalue weighted by atomic mass is 10.2. The van der Waals surface area contributed by atoms with E-state index in [1.807, 2.05) is 24.3 Å². The van der Waals surface area contributed by atoms with E-state index in [-0.39, 0.29) is 0 Å². The number of nitrogens with zero attached hydrogens (tertiary/aromatic N) is 1. The number of aliphatic imine (C=N–C) groups is 1. The molecule has 0 radical (unpaired) electrons. The van der Waals surface area contributed by atoms with Crippen LogP contribution in [0.5, 0.6) is 0 Å². The van der Waals surface area contributed by atoms with Crippen molar-refractivity contribution in [3.63, 3.8) is 0 Å². The van der Waals surface area contributed by atoms with E-state index in [1.54, 1.807) is 18.4 Å². The summed E-state index contributed by atoms with van der Waals surface area (Å²) < 4.78 is 5.77. The minimum atomic E-state index is 0.609. The summed E-state index contributed by atoms with van der Waals surface area (Å²) >= 11 is 1.70. The van der Waals surface area contributed by atoms with Crippen LogP contribution < -0.4 is 10.6 Å². The van der Waals surface area contributed by atoms with Crippen LogP contribution in [0.3, 0.4) is 0 Å². The second-order valence-electron chi connectivity index (χ2n) is 4.66. The number of hydrogen-bond donors (Lipinski definition) is 2. The predicted octanol–water partition coefficient (Wildman–Crippen LogP) is 3.36. The fraction of sp³-hybridized carbons (Fsp3) is 0.188. The summed E-state index contributed by atoms with van der Waals surface area (Å²) in [6.45, 7) is 1.38. The Morgan fingerprint density at radius 1 is 1.19 bits per heavy atom. The Hall–Kier alpha value is -2.27. The molecule has 2 aromatic heterocycles. The van der Waals surface area contributed by atoms with Gasteiger partial charge in [0.05, 0.1) is 6.54 Å². The molecule has 3 rings (SSSR count). The average molecular weight is 299 g/mol. The molecule has 2 N–H and O–H groups in total. The van der Waals surface area contributed by atoms with Crippen molar-refractivity contribution in [2.75, 3.05) is 7.05 Å². The molecule has 4 nitrogen and oxygen atoms in total. The Morgan fingerprint density at radius 2 is 2.05 bits per heavy atom. The van der Waals surface area contributed by atoms with Gasteiger partial charge in [0, 0.05) is 19.0 Å². The zero-order valence-electron chi connectivity index (χ0n) is 11.8. The summed E-state index contributed by atoms with van der Waals surface area (Å²) in [7, 11) is 1.77. The summed E-state index contributed by atoms with van der Waals surface area (Å²) in [5, 5.41) is 11.9. The number of guanidine groups is 1. The third-order valence-electron chi connectivity index (χ3n) is 3.17. The number of benzene rings is 1. The van der Waals surface area contributed by atoms with Gasteiger partial charge in [-0.3, -0.25) is 4.99 Å². The van der Waals surface area contributed by atoms with Gasteiger partial charge >= 0.3 is 0 Å². The first kappa shape index (κ1) is 13.7. The first-order valence-corrected chi connectivity index (χ1v) is 7.72. The number of rotatable bonds is 4. The Balaban J connectivity index is 1.57. The van der Waals surface area contributed by atoms with Crippen LogP contribution in [0.15, 0.2) is 56.6 Å². The van der Waals surface area contributed by atoms with Crippen LogP contribution in [-0.4, -0.2) is 13.0 Å². The molecule has 0 spiro atoms. The zero-order valence-corrected chi connectivity index (χ0v) is 12.6. The molecule has 0 atom stereocenters. The molecule has 1 aromatic carbocycles. The van der Waals surface area contributed by atoms with Crippen molar-refractivity contribution < 1.29 is 4.42 Å². The molecule has 5 heteroatoms. The molecule has 0 aliphatic carbocycles. The molecule has 0 aliphatic heterocycles. The highest BCUT2D eigenvalue weighted by atomic mass is 32.1. The van der Waals surface area contributed by atoms with Gasteiger partial charge in [0.2, 0.25) is 0 Å².